The molecule has 0 saturated heterocycles. The van der Waals surface area contributed by atoms with Crippen molar-refractivity contribution in [1.82, 2.24) is 4.98 Å². The lowest BCUT2D eigenvalue weighted by Gasteiger charge is -2.16. The predicted molar refractivity (Wildman–Crippen MR) is 87.6 cm³/mol. The molecule has 0 aliphatic heterocycles. The van der Waals surface area contributed by atoms with Crippen LogP contribution in [0.15, 0.2) is 54.7 Å². The SMILES string of the molecule is CC(N)(O)Cc1c[nH]c2c(OCc3ccccc3)cccc12. The molecule has 1 aromatic heterocycles. The Morgan fingerprint density at radius 2 is 1.91 bits per heavy atom. The van der Waals surface area contributed by atoms with Gasteiger partial charge < -0.3 is 20.6 Å². The maximum absolute atomic E-state index is 9.80. The fraction of sp³-hybridized carbons (Fsp3) is 0.222. The van der Waals surface area contributed by atoms with Crippen LogP contribution in [-0.2, 0) is 13.0 Å². The van der Waals surface area contributed by atoms with Gasteiger partial charge in [0.15, 0.2) is 0 Å². The van der Waals surface area contributed by atoms with E-state index in [0.29, 0.717) is 13.0 Å². The van der Waals surface area contributed by atoms with Crippen molar-refractivity contribution in [1.29, 1.82) is 0 Å². The maximum Gasteiger partial charge on any atom is 0.143 e. The second kappa shape index (κ2) is 5.83. The average molecular weight is 296 g/mol. The Hall–Kier alpha value is -2.30. The molecule has 0 radical (unpaired) electrons. The zero-order valence-corrected chi connectivity index (χ0v) is 12.5. The number of nitrogens with one attached hydrogen (secondary N) is 1. The molecule has 0 saturated carbocycles. The van der Waals surface area contributed by atoms with Gasteiger partial charge in [-0.3, -0.25) is 0 Å². The number of para-hydroxylation sites is 1. The largest absolute Gasteiger partial charge is 0.487 e. The van der Waals surface area contributed by atoms with Crippen molar-refractivity contribution in [2.24, 2.45) is 5.73 Å². The van der Waals surface area contributed by atoms with Gasteiger partial charge in [0.1, 0.15) is 18.1 Å². The topological polar surface area (TPSA) is 71.3 Å². The van der Waals surface area contributed by atoms with Gasteiger partial charge in [-0.25, -0.2) is 0 Å². The maximum atomic E-state index is 9.80. The van der Waals surface area contributed by atoms with E-state index < -0.39 is 5.72 Å². The highest BCUT2D eigenvalue weighted by molar-refractivity contribution is 5.88. The molecule has 2 aromatic carbocycles. The van der Waals surface area contributed by atoms with Gasteiger partial charge in [0.25, 0.3) is 0 Å². The van der Waals surface area contributed by atoms with Crippen molar-refractivity contribution in [2.75, 3.05) is 0 Å². The molecule has 114 valence electrons. The van der Waals surface area contributed by atoms with E-state index in [-0.39, 0.29) is 0 Å². The number of aromatic nitrogens is 1. The van der Waals surface area contributed by atoms with Crippen LogP contribution in [0.3, 0.4) is 0 Å². The summed E-state index contributed by atoms with van der Waals surface area (Å²) in [4.78, 5) is 3.22. The molecule has 0 spiro atoms. The van der Waals surface area contributed by atoms with Gasteiger partial charge in [0.05, 0.1) is 5.52 Å². The molecular formula is C18H20N2O2. The molecule has 4 nitrogen and oxygen atoms in total. The van der Waals surface area contributed by atoms with Gasteiger partial charge in [0, 0.05) is 18.0 Å². The number of hydrogen-bond donors (Lipinski definition) is 3. The number of benzene rings is 2. The Bertz CT molecular complexity index is 758. The summed E-state index contributed by atoms with van der Waals surface area (Å²) in [6.45, 7) is 2.12. The van der Waals surface area contributed by atoms with E-state index in [1.54, 1.807) is 6.92 Å². The molecule has 1 heterocycles. The van der Waals surface area contributed by atoms with Crippen LogP contribution in [0.2, 0.25) is 0 Å². The molecule has 3 aromatic rings. The molecule has 1 unspecified atom stereocenters. The Morgan fingerprint density at radius 3 is 2.64 bits per heavy atom. The molecule has 3 rings (SSSR count). The third-order valence-corrected chi connectivity index (χ3v) is 3.55. The number of H-pyrrole nitrogens is 1. The second-order valence-corrected chi connectivity index (χ2v) is 5.80. The fourth-order valence-electron chi connectivity index (χ4n) is 2.57. The first-order valence-corrected chi connectivity index (χ1v) is 7.30. The van der Waals surface area contributed by atoms with Crippen LogP contribution in [-0.4, -0.2) is 15.8 Å². The van der Waals surface area contributed by atoms with Crippen molar-refractivity contribution in [3.63, 3.8) is 0 Å². The summed E-state index contributed by atoms with van der Waals surface area (Å²) in [5.41, 5.74) is 7.50. The zero-order valence-electron chi connectivity index (χ0n) is 12.5. The number of nitrogens with two attached hydrogens (primary N) is 1. The summed E-state index contributed by atoms with van der Waals surface area (Å²) >= 11 is 0. The summed E-state index contributed by atoms with van der Waals surface area (Å²) in [5.74, 6) is 0.796. The van der Waals surface area contributed by atoms with Crippen molar-refractivity contribution in [3.8, 4) is 5.75 Å². The summed E-state index contributed by atoms with van der Waals surface area (Å²) in [7, 11) is 0. The van der Waals surface area contributed by atoms with Gasteiger partial charge in [0.2, 0.25) is 0 Å². The van der Waals surface area contributed by atoms with E-state index in [0.717, 1.165) is 27.8 Å². The molecule has 4 heteroatoms. The molecule has 1 atom stereocenters. The van der Waals surface area contributed by atoms with Crippen LogP contribution in [0.1, 0.15) is 18.1 Å². The smallest absolute Gasteiger partial charge is 0.143 e. The van der Waals surface area contributed by atoms with Crippen LogP contribution in [0.5, 0.6) is 5.75 Å². The first-order valence-electron chi connectivity index (χ1n) is 7.30. The minimum Gasteiger partial charge on any atom is -0.487 e. The first kappa shape index (κ1) is 14.6. The summed E-state index contributed by atoms with van der Waals surface area (Å²) < 4.78 is 5.92. The predicted octanol–water partition coefficient (Wildman–Crippen LogP) is 2.96. The molecule has 22 heavy (non-hydrogen) atoms. The highest BCUT2D eigenvalue weighted by atomic mass is 16.5. The van der Waals surface area contributed by atoms with E-state index in [4.69, 9.17) is 10.5 Å². The van der Waals surface area contributed by atoms with Crippen molar-refractivity contribution in [3.05, 3.63) is 65.9 Å². The second-order valence-electron chi connectivity index (χ2n) is 5.80. The standard InChI is InChI=1S/C18H20N2O2/c1-18(19,21)10-14-11-20-17-15(14)8-5-9-16(17)22-12-13-6-3-2-4-7-13/h2-9,11,20-21H,10,12,19H2,1H3. The molecule has 0 fully saturated rings. The van der Waals surface area contributed by atoms with E-state index in [1.807, 2.05) is 54.7 Å². The quantitative estimate of drug-likeness (QED) is 0.634. The fourth-order valence-corrected chi connectivity index (χ4v) is 2.57. The average Bonchev–Trinajstić information content (AvgIpc) is 2.88. The number of rotatable bonds is 5. The summed E-state index contributed by atoms with van der Waals surface area (Å²) in [6.07, 6.45) is 2.26. The van der Waals surface area contributed by atoms with Gasteiger partial charge >= 0.3 is 0 Å². The highest BCUT2D eigenvalue weighted by Gasteiger charge is 2.17. The van der Waals surface area contributed by atoms with Crippen molar-refractivity contribution >= 4 is 10.9 Å². The zero-order chi connectivity index (χ0) is 15.6. The monoisotopic (exact) mass is 296 g/mol. The third-order valence-electron chi connectivity index (χ3n) is 3.55. The van der Waals surface area contributed by atoms with E-state index in [2.05, 4.69) is 4.98 Å². The van der Waals surface area contributed by atoms with Crippen LogP contribution in [0.4, 0.5) is 0 Å². The van der Waals surface area contributed by atoms with Crippen molar-refractivity contribution < 1.29 is 9.84 Å². The lowest BCUT2D eigenvalue weighted by atomic mass is 10.0. The number of hydrogen-bond acceptors (Lipinski definition) is 3. The first-order chi connectivity index (χ1) is 10.5. The van der Waals surface area contributed by atoms with E-state index in [1.165, 1.54) is 0 Å². The van der Waals surface area contributed by atoms with E-state index >= 15 is 0 Å². The normalized spacial score (nSPS) is 14.0. The van der Waals surface area contributed by atoms with E-state index in [9.17, 15) is 5.11 Å². The molecule has 0 amide bonds. The number of fused-ring (bicyclic) bond motifs is 1. The molecule has 0 bridgehead atoms. The van der Waals surface area contributed by atoms with Crippen LogP contribution in [0.25, 0.3) is 10.9 Å². The van der Waals surface area contributed by atoms with Gasteiger partial charge in [-0.05, 0) is 24.1 Å². The van der Waals surface area contributed by atoms with Gasteiger partial charge in [-0.15, -0.1) is 0 Å². The van der Waals surface area contributed by atoms with Crippen LogP contribution < -0.4 is 10.5 Å². The molecule has 0 aliphatic carbocycles. The Morgan fingerprint density at radius 1 is 1.14 bits per heavy atom. The number of ether oxygens (including phenoxy) is 1. The minimum absolute atomic E-state index is 0.384. The lowest BCUT2D eigenvalue weighted by Crippen LogP contribution is -2.37. The minimum atomic E-state index is -1.23. The third kappa shape index (κ3) is 3.30. The number of aromatic amines is 1. The van der Waals surface area contributed by atoms with Gasteiger partial charge in [-0.2, -0.15) is 0 Å². The summed E-state index contributed by atoms with van der Waals surface area (Å²) in [5, 5.41) is 10.8. The van der Waals surface area contributed by atoms with Crippen molar-refractivity contribution in [2.45, 2.75) is 25.7 Å². The molecule has 4 N–H and O–H groups in total. The Labute approximate surface area is 129 Å². The molecular weight excluding hydrogens is 276 g/mol. The highest BCUT2D eigenvalue weighted by Crippen LogP contribution is 2.29. The molecule has 0 aliphatic rings. The Balaban J connectivity index is 1.85. The summed E-state index contributed by atoms with van der Waals surface area (Å²) in [6, 6.07) is 15.9. The van der Waals surface area contributed by atoms with Crippen LogP contribution in [0, 0.1) is 0 Å². The van der Waals surface area contributed by atoms with Crippen LogP contribution >= 0.6 is 0 Å². The van der Waals surface area contributed by atoms with Gasteiger partial charge in [-0.1, -0.05) is 42.5 Å². The lowest BCUT2D eigenvalue weighted by molar-refractivity contribution is 0.0680. The number of aliphatic hydroxyl groups is 1. The Kier molecular flexibility index (Phi) is 3.88.